The lowest BCUT2D eigenvalue weighted by atomic mass is 9.86. The van der Waals surface area contributed by atoms with Crippen molar-refractivity contribution in [2.24, 2.45) is 0 Å². The molecule has 43 heavy (non-hydrogen) atoms. The monoisotopic (exact) mass is 606 g/mol. The van der Waals surface area contributed by atoms with Crippen molar-refractivity contribution in [3.05, 3.63) is 138 Å². The Bertz CT molecular complexity index is 1680. The normalized spacial score (nSPS) is 12.8. The highest BCUT2D eigenvalue weighted by Gasteiger charge is 2.26. The van der Waals surface area contributed by atoms with Crippen LogP contribution in [0.3, 0.4) is 0 Å². The summed E-state index contributed by atoms with van der Waals surface area (Å²) in [5.74, 6) is 2.50. The van der Waals surface area contributed by atoms with Gasteiger partial charge < -0.3 is 13.6 Å². The molecule has 0 N–H and O–H groups in total. The summed E-state index contributed by atoms with van der Waals surface area (Å²) in [5.41, 5.74) is 6.52. The summed E-state index contributed by atoms with van der Waals surface area (Å²) in [6, 6.07) is 39.7. The molecule has 0 aromatic heterocycles. The quantitative estimate of drug-likeness (QED) is 0.156. The molecule has 0 aliphatic rings. The Balaban J connectivity index is 1.59. The number of rotatable bonds is 9. The second-order valence-corrected chi connectivity index (χ2v) is 15.0. The average Bonchev–Trinajstić information content (AvgIpc) is 2.99. The Kier molecular flexibility index (Phi) is 9.55. The summed E-state index contributed by atoms with van der Waals surface area (Å²) in [7, 11) is -2.37. The van der Waals surface area contributed by atoms with Crippen molar-refractivity contribution in [1.82, 2.24) is 0 Å². The van der Waals surface area contributed by atoms with Crippen LogP contribution in [0.5, 0.6) is 17.2 Å². The van der Waals surface area contributed by atoms with Gasteiger partial charge in [-0.3, -0.25) is 0 Å². The summed E-state index contributed by atoms with van der Waals surface area (Å²) >= 11 is 0. The van der Waals surface area contributed by atoms with Crippen LogP contribution in [-0.4, -0.2) is 6.66 Å². The molecule has 0 saturated heterocycles. The van der Waals surface area contributed by atoms with Crippen LogP contribution < -0.4 is 24.2 Å². The molecule has 220 valence electrons. The number of para-hydroxylation sites is 1. The fraction of sp³-hybridized carbons (Fsp3) is 0.211. The minimum atomic E-state index is -1.50. The maximum atomic E-state index is 6.93. The summed E-state index contributed by atoms with van der Waals surface area (Å²) in [5, 5.41) is 2.20. The van der Waals surface area contributed by atoms with Crippen molar-refractivity contribution in [3.8, 4) is 28.4 Å². The Morgan fingerprint density at radius 3 is 1.79 bits per heavy atom. The zero-order valence-corrected chi connectivity index (χ0v) is 27.9. The van der Waals surface area contributed by atoms with Crippen molar-refractivity contribution in [1.29, 1.82) is 0 Å². The van der Waals surface area contributed by atoms with Gasteiger partial charge in [-0.25, -0.2) is 0 Å². The van der Waals surface area contributed by atoms with E-state index in [-0.39, 0.29) is 5.41 Å². The maximum Gasteiger partial charge on any atom is 0.326 e. The highest BCUT2D eigenvalue weighted by molar-refractivity contribution is 7.60. The topological polar surface area (TPSA) is 27.7 Å². The van der Waals surface area contributed by atoms with Gasteiger partial charge in [-0.15, -0.1) is 0 Å². The van der Waals surface area contributed by atoms with E-state index in [0.29, 0.717) is 0 Å². The number of hydrogen-bond acceptors (Lipinski definition) is 3. The van der Waals surface area contributed by atoms with Crippen molar-refractivity contribution >= 4 is 27.1 Å². The van der Waals surface area contributed by atoms with Crippen molar-refractivity contribution < 1.29 is 13.6 Å². The van der Waals surface area contributed by atoms with Crippen molar-refractivity contribution in [2.45, 2.75) is 47.0 Å². The van der Waals surface area contributed by atoms with Crippen LogP contribution in [0.2, 0.25) is 0 Å². The van der Waals surface area contributed by atoms with E-state index in [4.69, 9.17) is 13.6 Å². The van der Waals surface area contributed by atoms with E-state index in [0.717, 1.165) is 50.4 Å². The molecule has 2 unspecified atom stereocenters. The molecule has 0 fully saturated rings. The molecule has 0 amide bonds. The van der Waals surface area contributed by atoms with Gasteiger partial charge in [-0.05, 0) is 85.9 Å². The molecule has 0 saturated carbocycles. The standard InChI is InChI=1S/C38H40O3P2/c1-27-22-23-35(39-43(31-18-12-9-13-19-31)40-36-21-15-14-20-34(36)38(4,5)6)32(25-27)33-26-28(2)24-29(3)37(33)41-42(7)30-16-10-8-11-17-30/h8-26H,1-7H3. The molecule has 0 aliphatic heterocycles. The van der Waals surface area contributed by atoms with Gasteiger partial charge in [-0.2, -0.15) is 0 Å². The molecule has 0 spiro atoms. The van der Waals surface area contributed by atoms with Gasteiger partial charge in [0.15, 0.2) is 0 Å². The first-order valence-corrected chi connectivity index (χ1v) is 17.5. The highest BCUT2D eigenvalue weighted by Crippen LogP contribution is 2.49. The number of aryl methyl sites for hydroxylation is 3. The van der Waals surface area contributed by atoms with Crippen molar-refractivity contribution in [2.75, 3.05) is 6.66 Å². The molecule has 0 bridgehead atoms. The summed E-state index contributed by atoms with van der Waals surface area (Å²) < 4.78 is 20.5. The molecule has 2 atom stereocenters. The smallest absolute Gasteiger partial charge is 0.326 e. The van der Waals surface area contributed by atoms with E-state index in [1.807, 2.05) is 36.4 Å². The maximum absolute atomic E-state index is 6.93. The molecule has 5 rings (SSSR count). The van der Waals surface area contributed by atoms with Crippen LogP contribution in [0.15, 0.2) is 115 Å². The molecule has 3 nitrogen and oxygen atoms in total. The van der Waals surface area contributed by atoms with E-state index < -0.39 is 16.5 Å². The highest BCUT2D eigenvalue weighted by atomic mass is 31.2. The zero-order chi connectivity index (χ0) is 30.6. The van der Waals surface area contributed by atoms with Gasteiger partial charge in [0, 0.05) is 16.4 Å². The predicted molar refractivity (Wildman–Crippen MR) is 185 cm³/mol. The van der Waals surface area contributed by atoms with Crippen LogP contribution in [-0.2, 0) is 5.41 Å². The zero-order valence-electron chi connectivity index (χ0n) is 26.1. The molecule has 5 heteroatoms. The van der Waals surface area contributed by atoms with Gasteiger partial charge in [0.2, 0.25) is 0 Å². The molecular weight excluding hydrogens is 566 g/mol. The molecule has 0 heterocycles. The first-order chi connectivity index (χ1) is 20.6. The van der Waals surface area contributed by atoms with Gasteiger partial charge in [0.05, 0.1) is 5.30 Å². The minimum absolute atomic E-state index is 0.0775. The third kappa shape index (κ3) is 7.48. The Hall–Kier alpha value is -3.64. The Morgan fingerprint density at radius 2 is 1.12 bits per heavy atom. The lowest BCUT2D eigenvalue weighted by molar-refractivity contribution is 0.482. The van der Waals surface area contributed by atoms with E-state index in [1.165, 1.54) is 10.9 Å². The first-order valence-electron chi connectivity index (χ1n) is 14.6. The largest absolute Gasteiger partial charge is 0.469 e. The number of hydrogen-bond donors (Lipinski definition) is 0. The lowest BCUT2D eigenvalue weighted by Gasteiger charge is -2.26. The van der Waals surface area contributed by atoms with Gasteiger partial charge >= 0.3 is 8.38 Å². The average molecular weight is 607 g/mol. The Morgan fingerprint density at radius 1 is 0.535 bits per heavy atom. The molecule has 0 radical (unpaired) electrons. The molecule has 5 aromatic carbocycles. The SMILES string of the molecule is Cc1ccc(OP(Oc2ccccc2C(C)(C)C)c2ccccc2)c(-c2cc(C)cc(C)c2OP(C)c2ccccc2)c1. The summed E-state index contributed by atoms with van der Waals surface area (Å²) in [4.78, 5) is 0. The van der Waals surface area contributed by atoms with Gasteiger partial charge in [0.25, 0.3) is 0 Å². The van der Waals surface area contributed by atoms with Crippen LogP contribution in [0.25, 0.3) is 11.1 Å². The third-order valence-corrected chi connectivity index (χ3v) is 10.1. The second-order valence-electron chi connectivity index (χ2n) is 11.9. The minimum Gasteiger partial charge on any atom is -0.469 e. The van der Waals surface area contributed by atoms with Crippen LogP contribution in [0.4, 0.5) is 0 Å². The van der Waals surface area contributed by atoms with Crippen molar-refractivity contribution in [3.63, 3.8) is 0 Å². The van der Waals surface area contributed by atoms with Crippen LogP contribution in [0, 0.1) is 20.8 Å². The van der Waals surface area contributed by atoms with E-state index in [9.17, 15) is 0 Å². The number of benzene rings is 5. The summed E-state index contributed by atoms with van der Waals surface area (Å²) in [6.07, 6.45) is 0. The van der Waals surface area contributed by atoms with E-state index >= 15 is 0 Å². The fourth-order valence-electron chi connectivity index (χ4n) is 5.06. The van der Waals surface area contributed by atoms with Gasteiger partial charge in [0.1, 0.15) is 25.4 Å². The van der Waals surface area contributed by atoms with E-state index in [1.54, 1.807) is 0 Å². The lowest BCUT2D eigenvalue weighted by Crippen LogP contribution is -2.15. The predicted octanol–water partition coefficient (Wildman–Crippen LogP) is 10.4. The molecular formula is C38H40O3P2. The third-order valence-electron chi connectivity index (χ3n) is 7.22. The molecule has 0 aliphatic carbocycles. The Labute approximate surface area is 259 Å². The molecule has 5 aromatic rings. The first kappa shape index (κ1) is 30.8. The van der Waals surface area contributed by atoms with Crippen LogP contribution >= 0.6 is 16.5 Å². The van der Waals surface area contributed by atoms with E-state index in [2.05, 4.69) is 127 Å². The summed E-state index contributed by atoms with van der Waals surface area (Å²) in [6.45, 7) is 15.2. The van der Waals surface area contributed by atoms with Gasteiger partial charge in [-0.1, -0.05) is 105 Å². The second kappa shape index (κ2) is 13.3. The fourth-order valence-corrected chi connectivity index (χ4v) is 7.61. The van der Waals surface area contributed by atoms with Crippen LogP contribution in [0.1, 0.15) is 43.0 Å².